The second kappa shape index (κ2) is 8.70. The molecular formula is C24H26ClFN6O2. The molecule has 2 aromatic heterocycles. The lowest BCUT2D eigenvalue weighted by atomic mass is 9.92. The molecule has 4 atom stereocenters. The summed E-state index contributed by atoms with van der Waals surface area (Å²) in [7, 11) is 1.64. The molecule has 6 rings (SSSR count). The van der Waals surface area contributed by atoms with E-state index in [1.165, 1.54) is 25.0 Å². The molecule has 8 nitrogen and oxygen atoms in total. The lowest BCUT2D eigenvalue weighted by molar-refractivity contribution is 0.0388. The van der Waals surface area contributed by atoms with Gasteiger partial charge in [0.15, 0.2) is 5.82 Å². The van der Waals surface area contributed by atoms with Crippen molar-refractivity contribution in [3.63, 3.8) is 0 Å². The minimum absolute atomic E-state index is 0.312. The van der Waals surface area contributed by atoms with Gasteiger partial charge < -0.3 is 19.7 Å². The van der Waals surface area contributed by atoms with E-state index in [1.54, 1.807) is 19.4 Å². The van der Waals surface area contributed by atoms with E-state index < -0.39 is 11.9 Å². The molecule has 1 saturated carbocycles. The van der Waals surface area contributed by atoms with Gasteiger partial charge in [0.25, 0.3) is 0 Å². The third kappa shape index (κ3) is 3.96. The van der Waals surface area contributed by atoms with Crippen LogP contribution in [0.2, 0.25) is 5.02 Å². The van der Waals surface area contributed by atoms with Gasteiger partial charge in [-0.25, -0.2) is 14.1 Å². The number of pyridine rings is 1. The molecule has 0 amide bonds. The Labute approximate surface area is 202 Å². The zero-order valence-electron chi connectivity index (χ0n) is 18.8. The van der Waals surface area contributed by atoms with E-state index in [0.29, 0.717) is 59.3 Å². The summed E-state index contributed by atoms with van der Waals surface area (Å²) >= 11 is 6.08. The zero-order chi connectivity index (χ0) is 23.2. The second-order valence-corrected chi connectivity index (χ2v) is 9.64. The van der Waals surface area contributed by atoms with Crippen LogP contribution >= 0.6 is 11.6 Å². The minimum Gasteiger partial charge on any atom is -0.481 e. The summed E-state index contributed by atoms with van der Waals surface area (Å²) in [5, 5.41) is 8.68. The maximum absolute atomic E-state index is 14.0. The van der Waals surface area contributed by atoms with Crippen molar-refractivity contribution in [2.75, 3.05) is 37.0 Å². The zero-order valence-corrected chi connectivity index (χ0v) is 19.6. The molecule has 10 heteroatoms. The molecule has 1 N–H and O–H groups in total. The Hall–Kier alpha value is -2.91. The smallest absolute Gasteiger partial charge is 0.242 e. The summed E-state index contributed by atoms with van der Waals surface area (Å²) in [4.78, 5) is 11.4. The fourth-order valence-corrected chi connectivity index (χ4v) is 5.83. The monoisotopic (exact) mass is 484 g/mol. The Morgan fingerprint density at radius 1 is 1.18 bits per heavy atom. The van der Waals surface area contributed by atoms with Crippen LogP contribution in [0.1, 0.15) is 30.3 Å². The molecule has 2 bridgehead atoms. The largest absolute Gasteiger partial charge is 0.481 e. The summed E-state index contributed by atoms with van der Waals surface area (Å²) in [5.41, 5.74) is 1.79. The first-order valence-corrected chi connectivity index (χ1v) is 12.0. The summed E-state index contributed by atoms with van der Waals surface area (Å²) in [6.07, 6.45) is 3.64. The van der Waals surface area contributed by atoms with Crippen molar-refractivity contribution in [1.29, 1.82) is 0 Å². The van der Waals surface area contributed by atoms with Gasteiger partial charge in [0.2, 0.25) is 11.8 Å². The molecule has 0 spiro atoms. The van der Waals surface area contributed by atoms with Crippen LogP contribution in [0.3, 0.4) is 0 Å². The topological polar surface area (TPSA) is 77.3 Å². The Morgan fingerprint density at radius 2 is 2.00 bits per heavy atom. The third-order valence-electron chi connectivity index (χ3n) is 7.13. The number of fused-ring (bicyclic) bond motifs is 3. The molecule has 1 aliphatic carbocycles. The first-order valence-electron chi connectivity index (χ1n) is 11.6. The number of nitrogens with zero attached hydrogens (tertiary/aromatic N) is 5. The van der Waals surface area contributed by atoms with Crippen LogP contribution in [0.15, 0.2) is 36.5 Å². The lowest BCUT2D eigenvalue weighted by Crippen LogP contribution is -2.48. The molecule has 4 heterocycles. The van der Waals surface area contributed by atoms with Crippen LogP contribution in [0.25, 0.3) is 0 Å². The van der Waals surface area contributed by atoms with Crippen molar-refractivity contribution >= 4 is 23.2 Å². The second-order valence-electron chi connectivity index (χ2n) is 9.20. The molecule has 0 unspecified atom stereocenters. The highest BCUT2D eigenvalue weighted by Gasteiger charge is 2.43. The van der Waals surface area contributed by atoms with Gasteiger partial charge in [-0.3, -0.25) is 0 Å². The van der Waals surface area contributed by atoms with Crippen LogP contribution < -0.4 is 15.0 Å². The quantitative estimate of drug-likeness (QED) is 0.588. The number of ether oxygens (including phenoxy) is 2. The van der Waals surface area contributed by atoms with E-state index in [9.17, 15) is 4.39 Å². The molecule has 3 aliphatic rings. The number of anilines is 2. The van der Waals surface area contributed by atoms with E-state index in [1.807, 2.05) is 16.8 Å². The highest BCUT2D eigenvalue weighted by molar-refractivity contribution is 6.30. The molecular weight excluding hydrogens is 459 g/mol. The summed E-state index contributed by atoms with van der Waals surface area (Å²) < 4.78 is 27.1. The maximum atomic E-state index is 14.0. The Bertz CT molecular complexity index is 1170. The highest BCUT2D eigenvalue weighted by atomic mass is 35.5. The lowest BCUT2D eigenvalue weighted by Gasteiger charge is -2.39. The van der Waals surface area contributed by atoms with Gasteiger partial charge >= 0.3 is 0 Å². The van der Waals surface area contributed by atoms with E-state index in [2.05, 4.69) is 15.2 Å². The molecule has 0 radical (unpaired) electrons. The predicted octanol–water partition coefficient (Wildman–Crippen LogP) is 3.92. The van der Waals surface area contributed by atoms with Gasteiger partial charge in [-0.2, -0.15) is 4.98 Å². The normalized spacial score (nSPS) is 25.8. The van der Waals surface area contributed by atoms with Gasteiger partial charge in [-0.05, 0) is 54.5 Å². The van der Waals surface area contributed by atoms with E-state index in [4.69, 9.17) is 31.2 Å². The van der Waals surface area contributed by atoms with Crippen molar-refractivity contribution in [3.05, 3.63) is 58.8 Å². The summed E-state index contributed by atoms with van der Waals surface area (Å²) in [5.74, 6) is 2.50. The van der Waals surface area contributed by atoms with Crippen molar-refractivity contribution in [1.82, 2.24) is 19.7 Å². The summed E-state index contributed by atoms with van der Waals surface area (Å²) in [6.45, 7) is 3.01. The average Bonchev–Trinajstić information content (AvgIpc) is 3.34. The van der Waals surface area contributed by atoms with E-state index in [-0.39, 0.29) is 0 Å². The van der Waals surface area contributed by atoms with Crippen molar-refractivity contribution < 1.29 is 13.9 Å². The maximum Gasteiger partial charge on any atom is 0.242 e. The first kappa shape index (κ1) is 21.6. The van der Waals surface area contributed by atoms with Crippen molar-refractivity contribution in [2.45, 2.75) is 31.5 Å². The molecule has 34 heavy (non-hydrogen) atoms. The molecule has 178 valence electrons. The fraction of sp³-hybridized carbons (Fsp3) is 0.458. The van der Waals surface area contributed by atoms with Gasteiger partial charge in [0.1, 0.15) is 11.9 Å². The van der Waals surface area contributed by atoms with Gasteiger partial charge in [-0.1, -0.05) is 11.6 Å². The van der Waals surface area contributed by atoms with Crippen LogP contribution in [0, 0.1) is 17.7 Å². The van der Waals surface area contributed by atoms with Crippen LogP contribution in [-0.4, -0.2) is 52.6 Å². The minimum atomic E-state index is -0.495. The Morgan fingerprint density at radius 3 is 2.76 bits per heavy atom. The van der Waals surface area contributed by atoms with Crippen molar-refractivity contribution in [2.24, 2.45) is 11.8 Å². The fourth-order valence-electron chi connectivity index (χ4n) is 5.60. The predicted molar refractivity (Wildman–Crippen MR) is 126 cm³/mol. The summed E-state index contributed by atoms with van der Waals surface area (Å²) in [6, 6.07) is 8.80. The highest BCUT2D eigenvalue weighted by Crippen LogP contribution is 2.40. The van der Waals surface area contributed by atoms with Crippen LogP contribution in [0.5, 0.6) is 5.88 Å². The number of aromatic nitrogens is 4. The number of hydrogen-bond acceptors (Lipinski definition) is 7. The number of rotatable bonds is 5. The number of benzene rings is 1. The molecule has 1 saturated heterocycles. The third-order valence-corrected chi connectivity index (χ3v) is 7.35. The average molecular weight is 485 g/mol. The Balaban J connectivity index is 1.20. The Kier molecular flexibility index (Phi) is 5.53. The van der Waals surface area contributed by atoms with Crippen molar-refractivity contribution in [3.8, 4) is 5.88 Å². The van der Waals surface area contributed by atoms with Gasteiger partial charge in [-0.15, -0.1) is 5.10 Å². The number of piperidine rings is 1. The standard InChI is InChI=1S/C24H26ClFN6O2/c1-33-20-11-19(4-5-27-20)31-12-14-2-3-15(13-31)21(14)28-24-29-23-22(34-7-6-32(23)30-24)16-8-17(25)10-18(26)9-16/h4-5,8-11,14-15,21-22H,2-3,6-7,12-13H2,1H3,(H,28,30)/t14-,15+,21-,22-/m0/s1. The van der Waals surface area contributed by atoms with E-state index >= 15 is 0 Å². The van der Waals surface area contributed by atoms with Crippen LogP contribution in [0.4, 0.5) is 16.0 Å². The molecule has 2 aliphatic heterocycles. The van der Waals surface area contributed by atoms with Gasteiger partial charge in [0, 0.05) is 42.1 Å². The number of methoxy groups -OCH3 is 1. The number of halogens is 2. The SMILES string of the molecule is COc1cc(N2C[C@H]3CC[C@@H](C2)[C@@H]3Nc2nc3n(n2)CCO[C@H]3c2cc(F)cc(Cl)c2)ccn1. The molecule has 2 fully saturated rings. The van der Waals surface area contributed by atoms with Crippen LogP contribution in [-0.2, 0) is 11.3 Å². The first-order chi connectivity index (χ1) is 16.6. The molecule has 1 aromatic carbocycles. The number of hydrogen-bond donors (Lipinski definition) is 1. The number of nitrogens with one attached hydrogen (secondary N) is 1. The van der Waals surface area contributed by atoms with E-state index in [0.717, 1.165) is 18.8 Å². The molecule has 3 aromatic rings. The van der Waals surface area contributed by atoms with Gasteiger partial charge in [0.05, 0.1) is 20.3 Å².